The maximum atomic E-state index is 12.1. The van der Waals surface area contributed by atoms with Crippen molar-refractivity contribution in [1.82, 2.24) is 19.8 Å². The minimum Gasteiger partial charge on any atom is -0.446 e. The topological polar surface area (TPSA) is 58.6 Å². The molecule has 1 aliphatic heterocycles. The van der Waals surface area contributed by atoms with Crippen LogP contribution in [0, 0.1) is 0 Å². The SMILES string of the molecule is O=C(OC1CCCC1)N1CCN(Cc2cnccn2)CC1. The van der Waals surface area contributed by atoms with Crippen LogP contribution in [0.3, 0.4) is 0 Å². The van der Waals surface area contributed by atoms with E-state index in [1.54, 1.807) is 18.6 Å². The highest BCUT2D eigenvalue weighted by Gasteiger charge is 2.26. The number of rotatable bonds is 3. The van der Waals surface area contributed by atoms with Gasteiger partial charge in [-0.25, -0.2) is 4.79 Å². The van der Waals surface area contributed by atoms with Gasteiger partial charge in [-0.1, -0.05) is 0 Å². The fraction of sp³-hybridized carbons (Fsp3) is 0.667. The van der Waals surface area contributed by atoms with Crippen molar-refractivity contribution in [2.45, 2.75) is 38.3 Å². The standard InChI is InChI=1S/C15H22N4O2/c20-15(21-14-3-1-2-4-14)19-9-7-18(8-10-19)12-13-11-16-5-6-17-13/h5-6,11,14H,1-4,7-10,12H2. The first-order chi connectivity index (χ1) is 10.3. The zero-order chi connectivity index (χ0) is 14.5. The van der Waals surface area contributed by atoms with Crippen molar-refractivity contribution in [2.75, 3.05) is 26.2 Å². The van der Waals surface area contributed by atoms with Crippen LogP contribution in [0.15, 0.2) is 18.6 Å². The predicted molar refractivity (Wildman–Crippen MR) is 77.6 cm³/mol. The molecule has 6 heteroatoms. The van der Waals surface area contributed by atoms with Crippen LogP contribution in [0.1, 0.15) is 31.4 Å². The van der Waals surface area contributed by atoms with Crippen LogP contribution in [0.4, 0.5) is 4.79 Å². The summed E-state index contributed by atoms with van der Waals surface area (Å²) in [5.41, 5.74) is 0.972. The van der Waals surface area contributed by atoms with Crippen molar-refractivity contribution in [1.29, 1.82) is 0 Å². The Labute approximate surface area is 125 Å². The second-order valence-electron chi connectivity index (χ2n) is 5.75. The van der Waals surface area contributed by atoms with Crippen molar-refractivity contribution in [3.05, 3.63) is 24.3 Å². The molecule has 0 bridgehead atoms. The minimum absolute atomic E-state index is 0.138. The number of amides is 1. The van der Waals surface area contributed by atoms with Gasteiger partial charge in [0.05, 0.1) is 5.69 Å². The summed E-state index contributed by atoms with van der Waals surface area (Å²) in [6.07, 6.45) is 9.62. The van der Waals surface area contributed by atoms with Gasteiger partial charge < -0.3 is 9.64 Å². The summed E-state index contributed by atoms with van der Waals surface area (Å²) in [5.74, 6) is 0. The molecule has 2 aliphatic rings. The van der Waals surface area contributed by atoms with E-state index in [4.69, 9.17) is 4.74 Å². The molecule has 2 heterocycles. The summed E-state index contributed by atoms with van der Waals surface area (Å²) in [6, 6.07) is 0. The molecular formula is C15H22N4O2. The molecule has 114 valence electrons. The van der Waals surface area contributed by atoms with Gasteiger partial charge in [0.2, 0.25) is 0 Å². The second-order valence-corrected chi connectivity index (χ2v) is 5.75. The van der Waals surface area contributed by atoms with E-state index in [9.17, 15) is 4.79 Å². The molecule has 2 fully saturated rings. The number of carbonyl (C=O) groups excluding carboxylic acids is 1. The predicted octanol–water partition coefficient (Wildman–Crippen LogP) is 1.67. The van der Waals surface area contributed by atoms with Gasteiger partial charge in [-0.2, -0.15) is 0 Å². The van der Waals surface area contributed by atoms with E-state index in [0.717, 1.165) is 51.3 Å². The molecule has 3 rings (SSSR count). The minimum atomic E-state index is -0.138. The highest BCUT2D eigenvalue weighted by atomic mass is 16.6. The second kappa shape index (κ2) is 6.85. The normalized spacial score (nSPS) is 20.7. The van der Waals surface area contributed by atoms with Gasteiger partial charge >= 0.3 is 6.09 Å². The third-order valence-electron chi connectivity index (χ3n) is 4.20. The molecule has 0 unspecified atom stereocenters. The fourth-order valence-electron chi connectivity index (χ4n) is 2.95. The van der Waals surface area contributed by atoms with Gasteiger partial charge in [-0.3, -0.25) is 14.9 Å². The summed E-state index contributed by atoms with van der Waals surface area (Å²) in [7, 11) is 0. The number of nitrogens with zero attached hydrogens (tertiary/aromatic N) is 4. The number of aromatic nitrogens is 2. The van der Waals surface area contributed by atoms with Gasteiger partial charge in [0.15, 0.2) is 0 Å². The van der Waals surface area contributed by atoms with E-state index in [1.165, 1.54) is 12.8 Å². The lowest BCUT2D eigenvalue weighted by atomic mass is 10.3. The van der Waals surface area contributed by atoms with E-state index in [1.807, 2.05) is 4.90 Å². The fourth-order valence-corrected chi connectivity index (χ4v) is 2.95. The lowest BCUT2D eigenvalue weighted by Gasteiger charge is -2.34. The molecule has 1 aliphatic carbocycles. The lowest BCUT2D eigenvalue weighted by molar-refractivity contribution is 0.0470. The van der Waals surface area contributed by atoms with E-state index in [2.05, 4.69) is 14.9 Å². The van der Waals surface area contributed by atoms with E-state index in [0.29, 0.717) is 0 Å². The molecule has 1 saturated carbocycles. The van der Waals surface area contributed by atoms with E-state index in [-0.39, 0.29) is 12.2 Å². The van der Waals surface area contributed by atoms with Gasteiger partial charge in [0, 0.05) is 51.3 Å². The molecule has 0 atom stereocenters. The molecule has 1 aromatic heterocycles. The van der Waals surface area contributed by atoms with Crippen molar-refractivity contribution >= 4 is 6.09 Å². The van der Waals surface area contributed by atoms with Crippen LogP contribution in [-0.4, -0.2) is 58.1 Å². The van der Waals surface area contributed by atoms with Gasteiger partial charge in [-0.15, -0.1) is 0 Å². The first-order valence-corrected chi connectivity index (χ1v) is 7.74. The Morgan fingerprint density at radius 2 is 1.95 bits per heavy atom. The zero-order valence-electron chi connectivity index (χ0n) is 12.3. The van der Waals surface area contributed by atoms with Crippen molar-refractivity contribution in [2.24, 2.45) is 0 Å². The van der Waals surface area contributed by atoms with Crippen LogP contribution >= 0.6 is 0 Å². The molecule has 0 radical (unpaired) electrons. The van der Waals surface area contributed by atoms with E-state index < -0.39 is 0 Å². The average Bonchev–Trinajstić information content (AvgIpc) is 3.02. The van der Waals surface area contributed by atoms with Crippen molar-refractivity contribution in [3.63, 3.8) is 0 Å². The summed E-state index contributed by atoms with van der Waals surface area (Å²) >= 11 is 0. The summed E-state index contributed by atoms with van der Waals surface area (Å²) in [5, 5.41) is 0. The van der Waals surface area contributed by atoms with Crippen molar-refractivity contribution in [3.8, 4) is 0 Å². The molecule has 0 spiro atoms. The number of carbonyl (C=O) groups is 1. The Bertz CT molecular complexity index is 454. The molecule has 1 aromatic rings. The molecule has 1 saturated heterocycles. The molecule has 6 nitrogen and oxygen atoms in total. The maximum absolute atomic E-state index is 12.1. The zero-order valence-corrected chi connectivity index (χ0v) is 12.3. The summed E-state index contributed by atoms with van der Waals surface area (Å²) < 4.78 is 5.55. The third-order valence-corrected chi connectivity index (χ3v) is 4.20. The number of ether oxygens (including phenoxy) is 1. The number of piperazine rings is 1. The number of hydrogen-bond donors (Lipinski definition) is 0. The maximum Gasteiger partial charge on any atom is 0.410 e. The Balaban J connectivity index is 1.43. The van der Waals surface area contributed by atoms with Crippen LogP contribution in [0.2, 0.25) is 0 Å². The van der Waals surface area contributed by atoms with Crippen LogP contribution in [-0.2, 0) is 11.3 Å². The largest absolute Gasteiger partial charge is 0.446 e. The smallest absolute Gasteiger partial charge is 0.410 e. The first kappa shape index (κ1) is 14.3. The quantitative estimate of drug-likeness (QED) is 0.847. The Kier molecular flexibility index (Phi) is 4.65. The van der Waals surface area contributed by atoms with E-state index >= 15 is 0 Å². The molecule has 0 aromatic carbocycles. The summed E-state index contributed by atoms with van der Waals surface area (Å²) in [6.45, 7) is 3.96. The van der Waals surface area contributed by atoms with Crippen LogP contribution in [0.25, 0.3) is 0 Å². The Morgan fingerprint density at radius 3 is 2.62 bits per heavy atom. The van der Waals surface area contributed by atoms with Crippen LogP contribution < -0.4 is 0 Å². The van der Waals surface area contributed by atoms with Gasteiger partial charge in [0.1, 0.15) is 6.10 Å². The average molecular weight is 290 g/mol. The van der Waals surface area contributed by atoms with Gasteiger partial charge in [-0.05, 0) is 25.7 Å². The monoisotopic (exact) mass is 290 g/mol. The first-order valence-electron chi connectivity index (χ1n) is 7.74. The third kappa shape index (κ3) is 3.91. The molecule has 1 amide bonds. The molecule has 21 heavy (non-hydrogen) atoms. The lowest BCUT2D eigenvalue weighted by Crippen LogP contribution is -2.49. The Hall–Kier alpha value is -1.69. The highest BCUT2D eigenvalue weighted by molar-refractivity contribution is 5.68. The number of hydrogen-bond acceptors (Lipinski definition) is 5. The van der Waals surface area contributed by atoms with Gasteiger partial charge in [0.25, 0.3) is 0 Å². The molecule has 0 N–H and O–H groups in total. The summed E-state index contributed by atoms with van der Waals surface area (Å²) in [4.78, 5) is 24.6. The molecular weight excluding hydrogens is 268 g/mol. The Morgan fingerprint density at radius 1 is 1.19 bits per heavy atom. The van der Waals surface area contributed by atoms with Crippen LogP contribution in [0.5, 0.6) is 0 Å². The highest BCUT2D eigenvalue weighted by Crippen LogP contribution is 2.22. The van der Waals surface area contributed by atoms with Crippen molar-refractivity contribution < 1.29 is 9.53 Å².